The first kappa shape index (κ1) is 21.1. The lowest BCUT2D eigenvalue weighted by Crippen LogP contribution is -2.26. The van der Waals surface area contributed by atoms with Crippen LogP contribution in [-0.2, 0) is 22.6 Å². The number of aryl methyl sites for hydroxylation is 1. The highest BCUT2D eigenvalue weighted by Gasteiger charge is 2.21. The average Bonchev–Trinajstić information content (AvgIpc) is 2.92. The topological polar surface area (TPSA) is 51.1 Å². The van der Waals surface area contributed by atoms with Crippen LogP contribution in [0.2, 0.25) is 0 Å². The van der Waals surface area contributed by atoms with Gasteiger partial charge < -0.3 is 14.4 Å². The molecule has 0 N–H and O–H groups in total. The second kappa shape index (κ2) is 10.2. The van der Waals surface area contributed by atoms with Crippen molar-refractivity contribution < 1.29 is 14.3 Å². The van der Waals surface area contributed by atoms with Gasteiger partial charge in [0.1, 0.15) is 12.4 Å². The van der Waals surface area contributed by atoms with Gasteiger partial charge in [0.2, 0.25) is 0 Å². The van der Waals surface area contributed by atoms with E-state index in [0.717, 1.165) is 59.9 Å². The molecule has 0 bridgehead atoms. The molecule has 2 aromatic rings. The molecule has 1 heterocycles. The molecule has 3 rings (SSSR count). The number of likely N-dealkylation sites (N-methyl/N-ethyl adjacent to an activating group) is 1. The molecule has 0 unspecified atom stereocenters. The van der Waals surface area contributed by atoms with E-state index in [2.05, 4.69) is 36.9 Å². The summed E-state index contributed by atoms with van der Waals surface area (Å²) in [6.45, 7) is 8.58. The number of hydrogen-bond acceptors (Lipinski definition) is 5. The number of esters is 1. The quantitative estimate of drug-likeness (QED) is 0.638. The molecule has 0 fully saturated rings. The molecular formula is C24H30N2O3. The Balaban J connectivity index is 1.95. The highest BCUT2D eigenvalue weighted by Crippen LogP contribution is 2.30. The molecular weight excluding hydrogens is 364 g/mol. The molecule has 0 radical (unpaired) electrons. The molecule has 29 heavy (non-hydrogen) atoms. The van der Waals surface area contributed by atoms with Gasteiger partial charge in [-0.2, -0.15) is 0 Å². The number of carbonyl (C=O) groups excluding carboxylic acids is 1. The third-order valence-corrected chi connectivity index (χ3v) is 5.38. The molecule has 0 saturated heterocycles. The number of ether oxygens (including phenoxy) is 2. The maximum absolute atomic E-state index is 11.5. The molecule has 154 valence electrons. The van der Waals surface area contributed by atoms with E-state index in [1.807, 2.05) is 24.3 Å². The maximum atomic E-state index is 11.5. The molecule has 0 amide bonds. The molecule has 0 aliphatic carbocycles. The van der Waals surface area contributed by atoms with Gasteiger partial charge in [0.05, 0.1) is 19.4 Å². The summed E-state index contributed by atoms with van der Waals surface area (Å²) in [5.74, 6) is 0.638. The molecule has 0 saturated carbocycles. The third kappa shape index (κ3) is 5.24. The Morgan fingerprint density at radius 1 is 1.14 bits per heavy atom. The van der Waals surface area contributed by atoms with E-state index in [4.69, 9.17) is 14.5 Å². The van der Waals surface area contributed by atoms with Gasteiger partial charge in [0, 0.05) is 24.1 Å². The first-order valence-corrected chi connectivity index (χ1v) is 10.3. The van der Waals surface area contributed by atoms with Gasteiger partial charge in [0.15, 0.2) is 0 Å². The van der Waals surface area contributed by atoms with Gasteiger partial charge in [-0.25, -0.2) is 0 Å². The van der Waals surface area contributed by atoms with Gasteiger partial charge in [-0.05, 0) is 42.8 Å². The van der Waals surface area contributed by atoms with Crippen molar-refractivity contribution in [3.63, 3.8) is 0 Å². The van der Waals surface area contributed by atoms with Crippen LogP contribution in [0.1, 0.15) is 42.5 Å². The minimum absolute atomic E-state index is 0.199. The van der Waals surface area contributed by atoms with Gasteiger partial charge in [-0.3, -0.25) is 9.79 Å². The molecule has 5 nitrogen and oxygen atoms in total. The summed E-state index contributed by atoms with van der Waals surface area (Å²) < 4.78 is 10.9. The van der Waals surface area contributed by atoms with Crippen molar-refractivity contribution in [2.45, 2.75) is 33.3 Å². The van der Waals surface area contributed by atoms with Crippen LogP contribution in [0.15, 0.2) is 47.5 Å². The van der Waals surface area contributed by atoms with E-state index < -0.39 is 0 Å². The van der Waals surface area contributed by atoms with Crippen molar-refractivity contribution in [3.05, 3.63) is 64.7 Å². The van der Waals surface area contributed by atoms with Crippen LogP contribution in [0.5, 0.6) is 5.75 Å². The van der Waals surface area contributed by atoms with Crippen LogP contribution in [0.25, 0.3) is 0 Å². The number of hydrogen-bond donors (Lipinski definition) is 0. The summed E-state index contributed by atoms with van der Waals surface area (Å²) in [6, 6.07) is 14.4. The maximum Gasteiger partial charge on any atom is 0.305 e. The number of methoxy groups -OCH3 is 1. The summed E-state index contributed by atoms with van der Waals surface area (Å²) in [5.41, 5.74) is 5.31. The predicted molar refractivity (Wildman–Crippen MR) is 116 cm³/mol. The first-order chi connectivity index (χ1) is 14.2. The molecule has 0 spiro atoms. The smallest absolute Gasteiger partial charge is 0.305 e. The summed E-state index contributed by atoms with van der Waals surface area (Å²) >= 11 is 0. The molecule has 1 aliphatic rings. The minimum Gasteiger partial charge on any atom is -0.488 e. The fourth-order valence-corrected chi connectivity index (χ4v) is 3.58. The fraction of sp³-hybridized carbons (Fsp3) is 0.417. The average molecular weight is 395 g/mol. The largest absolute Gasteiger partial charge is 0.488 e. The molecule has 1 aliphatic heterocycles. The number of nitrogens with zero attached hydrogens (tertiary/aromatic N) is 2. The summed E-state index contributed by atoms with van der Waals surface area (Å²) in [4.78, 5) is 18.9. The van der Waals surface area contributed by atoms with Gasteiger partial charge in [-0.15, -0.1) is 0 Å². The molecule has 0 aromatic heterocycles. The lowest BCUT2D eigenvalue weighted by molar-refractivity contribution is -0.140. The Hall–Kier alpha value is -2.66. The highest BCUT2D eigenvalue weighted by atomic mass is 16.5. The monoisotopic (exact) mass is 394 g/mol. The third-order valence-electron chi connectivity index (χ3n) is 5.38. The van der Waals surface area contributed by atoms with Crippen molar-refractivity contribution >= 4 is 11.7 Å². The van der Waals surface area contributed by atoms with E-state index in [9.17, 15) is 4.79 Å². The second-order valence-corrected chi connectivity index (χ2v) is 7.11. The zero-order chi connectivity index (χ0) is 20.6. The van der Waals surface area contributed by atoms with E-state index in [-0.39, 0.29) is 5.97 Å². The van der Waals surface area contributed by atoms with Crippen molar-refractivity contribution in [2.75, 3.05) is 33.3 Å². The van der Waals surface area contributed by atoms with E-state index in [1.165, 1.54) is 7.11 Å². The standard InChI is InChI=1S/C24H30N2O3/c1-4-26(5-2)15-14-25-24-20-9-7-6-8-19(20)17-29-22-12-10-18(16-21(22)24)11-13-23(27)28-3/h6-10,12,16H,4-5,11,13-15,17H2,1-3H3. The number of carbonyl (C=O) groups is 1. The number of benzene rings is 2. The lowest BCUT2D eigenvalue weighted by atomic mass is 9.96. The second-order valence-electron chi connectivity index (χ2n) is 7.11. The number of rotatable bonds is 8. The highest BCUT2D eigenvalue weighted by molar-refractivity contribution is 6.15. The Morgan fingerprint density at radius 2 is 1.93 bits per heavy atom. The number of aliphatic imine (C=N–C) groups is 1. The SMILES string of the molecule is CCN(CC)CCN=C1c2ccccc2COc2ccc(CCC(=O)OC)cc21. The van der Waals surface area contributed by atoms with E-state index in [1.54, 1.807) is 0 Å². The zero-order valence-corrected chi connectivity index (χ0v) is 17.6. The minimum atomic E-state index is -0.199. The van der Waals surface area contributed by atoms with E-state index in [0.29, 0.717) is 19.4 Å². The summed E-state index contributed by atoms with van der Waals surface area (Å²) in [6.07, 6.45) is 0.996. The Bertz CT molecular complexity index is 872. The van der Waals surface area contributed by atoms with Crippen LogP contribution in [-0.4, -0.2) is 49.9 Å². The summed E-state index contributed by atoms with van der Waals surface area (Å²) in [7, 11) is 1.42. The molecule has 0 atom stereocenters. The lowest BCUT2D eigenvalue weighted by Gasteiger charge is -2.17. The normalized spacial score (nSPS) is 14.1. The van der Waals surface area contributed by atoms with Gasteiger partial charge in [-0.1, -0.05) is 44.2 Å². The van der Waals surface area contributed by atoms with E-state index >= 15 is 0 Å². The fourth-order valence-electron chi connectivity index (χ4n) is 3.58. The van der Waals surface area contributed by atoms with Crippen LogP contribution in [0.4, 0.5) is 0 Å². The zero-order valence-electron chi connectivity index (χ0n) is 17.6. The van der Waals surface area contributed by atoms with Gasteiger partial charge >= 0.3 is 5.97 Å². The van der Waals surface area contributed by atoms with Crippen LogP contribution >= 0.6 is 0 Å². The molecule has 2 aromatic carbocycles. The summed E-state index contributed by atoms with van der Waals surface area (Å²) in [5, 5.41) is 0. The predicted octanol–water partition coefficient (Wildman–Crippen LogP) is 3.86. The van der Waals surface area contributed by atoms with Crippen molar-refractivity contribution in [1.29, 1.82) is 0 Å². The van der Waals surface area contributed by atoms with Crippen molar-refractivity contribution in [1.82, 2.24) is 4.90 Å². The Labute approximate surface area is 173 Å². The van der Waals surface area contributed by atoms with Crippen LogP contribution in [0.3, 0.4) is 0 Å². The van der Waals surface area contributed by atoms with Crippen molar-refractivity contribution in [3.8, 4) is 5.75 Å². The molecule has 5 heteroatoms. The Kier molecular flexibility index (Phi) is 7.42. The van der Waals surface area contributed by atoms with Gasteiger partial charge in [0.25, 0.3) is 0 Å². The van der Waals surface area contributed by atoms with Crippen LogP contribution in [0, 0.1) is 0 Å². The van der Waals surface area contributed by atoms with Crippen molar-refractivity contribution in [2.24, 2.45) is 4.99 Å². The number of fused-ring (bicyclic) bond motifs is 2. The van der Waals surface area contributed by atoms with Crippen LogP contribution < -0.4 is 4.74 Å². The Morgan fingerprint density at radius 3 is 2.69 bits per heavy atom. The first-order valence-electron chi connectivity index (χ1n) is 10.3.